The highest BCUT2D eigenvalue weighted by Crippen LogP contribution is 2.30. The van der Waals surface area contributed by atoms with E-state index in [9.17, 15) is 4.79 Å². The number of hydrogen-bond acceptors (Lipinski definition) is 6. The van der Waals surface area contributed by atoms with Crippen molar-refractivity contribution >= 4 is 39.0 Å². The van der Waals surface area contributed by atoms with Crippen molar-refractivity contribution in [3.05, 3.63) is 88.1 Å². The Kier molecular flexibility index (Phi) is 7.49. The number of fused-ring (bicyclic) bond motifs is 1. The molecule has 0 saturated heterocycles. The van der Waals surface area contributed by atoms with Gasteiger partial charge >= 0.3 is 5.91 Å². The lowest BCUT2D eigenvalue weighted by Crippen LogP contribution is -2.16. The van der Waals surface area contributed by atoms with Crippen LogP contribution in [0, 0.1) is 0 Å². The summed E-state index contributed by atoms with van der Waals surface area (Å²) >= 11 is 3.43. The molecule has 0 bridgehead atoms. The lowest BCUT2D eigenvalue weighted by atomic mass is 10.2. The van der Waals surface area contributed by atoms with Crippen LogP contribution < -0.4 is 19.6 Å². The van der Waals surface area contributed by atoms with Gasteiger partial charge in [-0.05, 0) is 60.5 Å². The summed E-state index contributed by atoms with van der Waals surface area (Å²) in [6.45, 7) is 2.81. The maximum absolute atomic E-state index is 12.5. The Hall–Kier alpha value is -3.78. The fourth-order valence-electron chi connectivity index (χ4n) is 3.26. The summed E-state index contributed by atoms with van der Waals surface area (Å²) in [6.07, 6.45) is 1.53. The van der Waals surface area contributed by atoms with Crippen LogP contribution in [-0.4, -0.2) is 25.8 Å². The number of furan rings is 1. The Morgan fingerprint density at radius 3 is 2.62 bits per heavy atom. The van der Waals surface area contributed by atoms with Gasteiger partial charge in [0.1, 0.15) is 6.61 Å². The van der Waals surface area contributed by atoms with Crippen LogP contribution >= 0.6 is 15.9 Å². The number of hydrogen-bond donors (Lipinski definition) is 1. The van der Waals surface area contributed by atoms with Gasteiger partial charge in [0.05, 0.1) is 19.9 Å². The average Bonchev–Trinajstić information content (AvgIpc) is 3.29. The van der Waals surface area contributed by atoms with Crippen molar-refractivity contribution in [3.8, 4) is 17.2 Å². The van der Waals surface area contributed by atoms with E-state index in [0.29, 0.717) is 36.0 Å². The molecule has 7 nitrogen and oxygen atoms in total. The van der Waals surface area contributed by atoms with Crippen LogP contribution in [0.5, 0.6) is 17.2 Å². The van der Waals surface area contributed by atoms with Crippen LogP contribution in [0.1, 0.15) is 28.6 Å². The van der Waals surface area contributed by atoms with E-state index in [2.05, 4.69) is 26.5 Å². The first kappa shape index (κ1) is 23.4. The quantitative estimate of drug-likeness (QED) is 0.217. The van der Waals surface area contributed by atoms with Crippen molar-refractivity contribution in [2.45, 2.75) is 13.5 Å². The molecule has 1 N–H and O–H groups in total. The van der Waals surface area contributed by atoms with Crippen LogP contribution in [0.25, 0.3) is 11.0 Å². The number of hydrazone groups is 1. The van der Waals surface area contributed by atoms with E-state index in [1.54, 1.807) is 19.2 Å². The molecule has 0 unspecified atom stereocenters. The first-order valence-corrected chi connectivity index (χ1v) is 11.4. The maximum atomic E-state index is 12.5. The highest BCUT2D eigenvalue weighted by Gasteiger charge is 2.14. The lowest BCUT2D eigenvalue weighted by molar-refractivity contribution is 0.0929. The van der Waals surface area contributed by atoms with Crippen molar-refractivity contribution in [3.63, 3.8) is 0 Å². The summed E-state index contributed by atoms with van der Waals surface area (Å²) in [4.78, 5) is 12.5. The van der Waals surface area contributed by atoms with Crippen LogP contribution in [0.15, 0.2) is 80.7 Å². The molecule has 0 fully saturated rings. The molecule has 0 atom stereocenters. The molecule has 4 rings (SSSR count). The number of carbonyl (C=O) groups excluding carboxylic acids is 1. The number of para-hydroxylation sites is 1. The highest BCUT2D eigenvalue weighted by atomic mass is 79.9. The minimum atomic E-state index is -0.464. The van der Waals surface area contributed by atoms with Crippen LogP contribution in [0.4, 0.5) is 0 Å². The minimum absolute atomic E-state index is 0.142. The second kappa shape index (κ2) is 10.9. The Morgan fingerprint density at radius 2 is 1.85 bits per heavy atom. The van der Waals surface area contributed by atoms with Gasteiger partial charge in [-0.25, -0.2) is 5.43 Å². The van der Waals surface area contributed by atoms with Gasteiger partial charge in [-0.15, -0.1) is 0 Å². The number of nitrogens with zero attached hydrogens (tertiary/aromatic N) is 1. The number of carbonyl (C=O) groups is 1. The van der Waals surface area contributed by atoms with Crippen molar-refractivity contribution < 1.29 is 23.4 Å². The molecule has 1 heterocycles. The fourth-order valence-corrected chi connectivity index (χ4v) is 3.53. The standard InChI is InChI=1S/C26H23BrN2O5/c1-3-32-23-13-18(9-12-21(23)33-16-17-7-10-20(27)11-8-17)15-28-29-26(30)24-14-19-5-4-6-22(31-2)25(19)34-24/h4-15H,3,16H2,1-2H3,(H,29,30)/b28-15-. The molecule has 0 radical (unpaired) electrons. The van der Waals surface area contributed by atoms with Gasteiger partial charge in [0.15, 0.2) is 28.6 Å². The third-order valence-electron chi connectivity index (χ3n) is 4.91. The zero-order valence-corrected chi connectivity index (χ0v) is 20.3. The van der Waals surface area contributed by atoms with Gasteiger partial charge in [0.2, 0.25) is 0 Å². The topological polar surface area (TPSA) is 82.3 Å². The molecule has 0 aliphatic rings. The zero-order chi connectivity index (χ0) is 23.9. The van der Waals surface area contributed by atoms with E-state index >= 15 is 0 Å². The second-order valence-corrected chi connectivity index (χ2v) is 8.16. The third-order valence-corrected chi connectivity index (χ3v) is 5.44. The second-order valence-electron chi connectivity index (χ2n) is 7.24. The monoisotopic (exact) mass is 522 g/mol. The highest BCUT2D eigenvalue weighted by molar-refractivity contribution is 9.10. The summed E-state index contributed by atoms with van der Waals surface area (Å²) < 4.78 is 23.6. The van der Waals surface area contributed by atoms with Crippen LogP contribution in [0.3, 0.4) is 0 Å². The van der Waals surface area contributed by atoms with E-state index in [0.717, 1.165) is 21.0 Å². The Bertz CT molecular complexity index is 1310. The molecular formula is C26H23BrN2O5. The van der Waals surface area contributed by atoms with E-state index in [1.165, 1.54) is 6.21 Å². The smallest absolute Gasteiger partial charge is 0.307 e. The van der Waals surface area contributed by atoms with Crippen LogP contribution in [-0.2, 0) is 6.61 Å². The zero-order valence-electron chi connectivity index (χ0n) is 18.7. The van der Waals surface area contributed by atoms with Gasteiger partial charge in [0, 0.05) is 9.86 Å². The van der Waals surface area contributed by atoms with Gasteiger partial charge in [0.25, 0.3) is 0 Å². The van der Waals surface area contributed by atoms with E-state index in [1.807, 2.05) is 61.5 Å². The van der Waals surface area contributed by atoms with Crippen molar-refractivity contribution in [2.24, 2.45) is 5.10 Å². The molecule has 0 aliphatic heterocycles. The maximum Gasteiger partial charge on any atom is 0.307 e. The number of nitrogens with one attached hydrogen (secondary N) is 1. The number of rotatable bonds is 9. The summed E-state index contributed by atoms with van der Waals surface area (Å²) in [7, 11) is 1.55. The SMILES string of the molecule is CCOc1cc(/C=N\NC(=O)c2cc3cccc(OC)c3o2)ccc1OCc1ccc(Br)cc1. The molecule has 8 heteroatoms. The van der Waals surface area contributed by atoms with E-state index in [-0.39, 0.29) is 5.76 Å². The van der Waals surface area contributed by atoms with E-state index < -0.39 is 5.91 Å². The molecule has 1 aromatic heterocycles. The number of halogens is 1. The van der Waals surface area contributed by atoms with Gasteiger partial charge < -0.3 is 18.6 Å². The first-order valence-electron chi connectivity index (χ1n) is 10.6. The third kappa shape index (κ3) is 5.58. The summed E-state index contributed by atoms with van der Waals surface area (Å²) in [6, 6.07) is 20.5. The molecule has 1 amide bonds. The Balaban J connectivity index is 1.42. The number of benzene rings is 3. The molecule has 174 valence electrons. The number of methoxy groups -OCH3 is 1. The Morgan fingerprint density at radius 1 is 1.03 bits per heavy atom. The summed E-state index contributed by atoms with van der Waals surface area (Å²) in [5, 5.41) is 4.82. The van der Waals surface area contributed by atoms with Crippen molar-refractivity contribution in [2.75, 3.05) is 13.7 Å². The number of ether oxygens (including phenoxy) is 3. The predicted molar refractivity (Wildman–Crippen MR) is 134 cm³/mol. The predicted octanol–water partition coefficient (Wildman–Crippen LogP) is 5.95. The first-order chi connectivity index (χ1) is 16.6. The minimum Gasteiger partial charge on any atom is -0.493 e. The molecule has 3 aromatic carbocycles. The normalized spacial score (nSPS) is 11.0. The van der Waals surface area contributed by atoms with E-state index in [4.69, 9.17) is 18.6 Å². The molecule has 0 saturated carbocycles. The summed E-state index contributed by atoms with van der Waals surface area (Å²) in [5.74, 6) is 1.46. The Labute approximate surface area is 205 Å². The van der Waals surface area contributed by atoms with Gasteiger partial charge in [-0.1, -0.05) is 40.2 Å². The van der Waals surface area contributed by atoms with Gasteiger partial charge in [-0.3, -0.25) is 4.79 Å². The fraction of sp³-hybridized carbons (Fsp3) is 0.154. The lowest BCUT2D eigenvalue weighted by Gasteiger charge is -2.12. The van der Waals surface area contributed by atoms with Crippen molar-refractivity contribution in [1.29, 1.82) is 0 Å². The molecule has 0 spiro atoms. The molecule has 34 heavy (non-hydrogen) atoms. The van der Waals surface area contributed by atoms with Crippen molar-refractivity contribution in [1.82, 2.24) is 5.43 Å². The van der Waals surface area contributed by atoms with Gasteiger partial charge in [-0.2, -0.15) is 5.10 Å². The summed E-state index contributed by atoms with van der Waals surface area (Å²) in [5.41, 5.74) is 4.78. The molecular weight excluding hydrogens is 500 g/mol. The largest absolute Gasteiger partial charge is 0.493 e. The number of amides is 1. The molecule has 0 aliphatic carbocycles. The average molecular weight is 523 g/mol. The molecule has 4 aromatic rings. The van der Waals surface area contributed by atoms with Crippen LogP contribution in [0.2, 0.25) is 0 Å².